The van der Waals surface area contributed by atoms with Crippen molar-refractivity contribution in [2.75, 3.05) is 0 Å². The maximum absolute atomic E-state index is 15.3. The van der Waals surface area contributed by atoms with E-state index in [4.69, 9.17) is 0 Å². The first-order chi connectivity index (χ1) is 18.3. The molecule has 0 spiro atoms. The van der Waals surface area contributed by atoms with Gasteiger partial charge >= 0.3 is 6.18 Å². The molecule has 0 unspecified atom stereocenters. The van der Waals surface area contributed by atoms with E-state index in [-0.39, 0.29) is 0 Å². The van der Waals surface area contributed by atoms with Gasteiger partial charge in [0.25, 0.3) is 0 Å². The highest BCUT2D eigenvalue weighted by Gasteiger charge is 2.43. The van der Waals surface area contributed by atoms with Crippen LogP contribution in [-0.4, -0.2) is 0 Å². The van der Waals surface area contributed by atoms with E-state index in [2.05, 4.69) is 0 Å². The van der Waals surface area contributed by atoms with Gasteiger partial charge in [0.2, 0.25) is 0 Å². The molecule has 0 aliphatic rings. The lowest BCUT2D eigenvalue weighted by Gasteiger charge is -2.21. The van der Waals surface area contributed by atoms with E-state index >= 15 is 22.0 Å². The third kappa shape index (κ3) is 3.88. The number of benzene rings is 5. The highest BCUT2D eigenvalue weighted by Crippen LogP contribution is 2.49. The van der Waals surface area contributed by atoms with Crippen LogP contribution in [-0.2, 0) is 6.18 Å². The molecule has 0 bridgehead atoms. The molecule has 0 fully saturated rings. The SMILES string of the molecule is Fc1ccc(-c2c3c(F)cccc3c(-c3c(F)c(F)c(C(F)(F)F)c(F)c3F)c3c(F)ccc(F)c23)cc1F. The second-order valence-electron chi connectivity index (χ2n) is 8.32. The third-order valence-electron chi connectivity index (χ3n) is 6.14. The first kappa shape index (κ1) is 26.4. The molecule has 12 heteroatoms. The van der Waals surface area contributed by atoms with Crippen molar-refractivity contribution in [3.63, 3.8) is 0 Å². The number of hydrogen-bond acceptors (Lipinski definition) is 0. The maximum atomic E-state index is 15.3. The Bertz CT molecular complexity index is 1810. The van der Waals surface area contributed by atoms with E-state index in [1.165, 1.54) is 0 Å². The molecule has 39 heavy (non-hydrogen) atoms. The van der Waals surface area contributed by atoms with Gasteiger partial charge in [-0.05, 0) is 41.3 Å². The van der Waals surface area contributed by atoms with Crippen molar-refractivity contribution in [3.05, 3.63) is 106 Å². The highest BCUT2D eigenvalue weighted by atomic mass is 19.4. The van der Waals surface area contributed by atoms with Gasteiger partial charge in [0.1, 0.15) is 23.0 Å². The Labute approximate surface area is 209 Å². The number of fused-ring (bicyclic) bond motifs is 2. The number of halogens is 12. The molecular formula is C27H8F12. The van der Waals surface area contributed by atoms with Gasteiger partial charge in [0.15, 0.2) is 34.9 Å². The van der Waals surface area contributed by atoms with Gasteiger partial charge < -0.3 is 0 Å². The molecule has 0 radical (unpaired) electrons. The van der Waals surface area contributed by atoms with Crippen LogP contribution in [0.5, 0.6) is 0 Å². The molecule has 5 aromatic carbocycles. The summed E-state index contributed by atoms with van der Waals surface area (Å²) >= 11 is 0. The van der Waals surface area contributed by atoms with Gasteiger partial charge in [0, 0.05) is 27.3 Å². The summed E-state index contributed by atoms with van der Waals surface area (Å²) in [6, 6.07) is 5.40. The molecule has 0 amide bonds. The van der Waals surface area contributed by atoms with Gasteiger partial charge in [-0.25, -0.2) is 39.5 Å². The monoisotopic (exact) mass is 560 g/mol. The number of alkyl halides is 3. The Morgan fingerprint density at radius 1 is 0.436 bits per heavy atom. The van der Waals surface area contributed by atoms with Gasteiger partial charge in [-0.3, -0.25) is 0 Å². The zero-order chi connectivity index (χ0) is 28.5. The van der Waals surface area contributed by atoms with Gasteiger partial charge in [-0.15, -0.1) is 0 Å². The molecule has 5 aromatic rings. The minimum atomic E-state index is -5.89. The normalized spacial score (nSPS) is 12.1. The predicted molar refractivity (Wildman–Crippen MR) is 117 cm³/mol. The minimum absolute atomic E-state index is 0.434. The van der Waals surface area contributed by atoms with E-state index in [1.54, 1.807) is 0 Å². The fraction of sp³-hybridized carbons (Fsp3) is 0.0370. The van der Waals surface area contributed by atoms with Crippen molar-refractivity contribution < 1.29 is 52.7 Å². The van der Waals surface area contributed by atoms with Crippen LogP contribution in [0.4, 0.5) is 52.7 Å². The van der Waals surface area contributed by atoms with Crippen molar-refractivity contribution in [3.8, 4) is 22.3 Å². The summed E-state index contributed by atoms with van der Waals surface area (Å²) in [4.78, 5) is 0. The second-order valence-corrected chi connectivity index (χ2v) is 8.32. The summed E-state index contributed by atoms with van der Waals surface area (Å²) < 4.78 is 172. The summed E-state index contributed by atoms with van der Waals surface area (Å²) in [6.45, 7) is 0. The zero-order valence-electron chi connectivity index (χ0n) is 18.7. The molecule has 5 rings (SSSR count). The Morgan fingerprint density at radius 2 is 0.949 bits per heavy atom. The molecule has 0 aliphatic heterocycles. The van der Waals surface area contributed by atoms with Crippen molar-refractivity contribution in [2.24, 2.45) is 0 Å². The molecule has 0 aromatic heterocycles. The van der Waals surface area contributed by atoms with Crippen LogP contribution in [0.25, 0.3) is 43.8 Å². The minimum Gasteiger partial charge on any atom is -0.206 e. The quantitative estimate of drug-likeness (QED) is 0.115. The lowest BCUT2D eigenvalue weighted by Crippen LogP contribution is -2.16. The first-order valence-electron chi connectivity index (χ1n) is 10.7. The lowest BCUT2D eigenvalue weighted by atomic mass is 9.84. The molecule has 200 valence electrons. The van der Waals surface area contributed by atoms with E-state index in [0.29, 0.717) is 24.3 Å². The van der Waals surface area contributed by atoms with Gasteiger partial charge in [-0.2, -0.15) is 13.2 Å². The smallest absolute Gasteiger partial charge is 0.206 e. The topological polar surface area (TPSA) is 0 Å². The third-order valence-corrected chi connectivity index (χ3v) is 6.14. The van der Waals surface area contributed by atoms with Crippen molar-refractivity contribution in [2.45, 2.75) is 6.18 Å². The molecule has 0 nitrogen and oxygen atoms in total. The van der Waals surface area contributed by atoms with Crippen LogP contribution < -0.4 is 0 Å². The average Bonchev–Trinajstić information content (AvgIpc) is 2.86. The predicted octanol–water partition coefficient (Wildman–Crippen LogP) is 9.60. The Kier molecular flexibility index (Phi) is 6.04. The fourth-order valence-corrected chi connectivity index (χ4v) is 4.59. The van der Waals surface area contributed by atoms with Crippen molar-refractivity contribution >= 4 is 21.5 Å². The molecule has 0 heterocycles. The summed E-state index contributed by atoms with van der Waals surface area (Å²) in [5.74, 6) is -18.0. The number of rotatable bonds is 2. The summed E-state index contributed by atoms with van der Waals surface area (Å²) in [6.07, 6.45) is -5.89. The van der Waals surface area contributed by atoms with Crippen LogP contribution in [0.15, 0.2) is 48.5 Å². The Hall–Kier alpha value is -4.22. The average molecular weight is 560 g/mol. The fourth-order valence-electron chi connectivity index (χ4n) is 4.59. The Morgan fingerprint density at radius 3 is 1.49 bits per heavy atom. The standard InChI is InChI=1S/C27H8F12/c28-11-5-4-9(8-15(11)32)16-17-10(2-1-3-12(17)29)18(20-14(31)7-6-13(30)19(16)20)21-23(33)25(35)22(27(37,38)39)26(36)24(21)34/h1-8H. The Balaban J connectivity index is 2.11. The van der Waals surface area contributed by atoms with Crippen LogP contribution in [0.1, 0.15) is 5.56 Å². The second kappa shape index (κ2) is 8.92. The van der Waals surface area contributed by atoms with E-state index < -0.39 is 108 Å². The molecule has 0 atom stereocenters. The van der Waals surface area contributed by atoms with Gasteiger partial charge in [-0.1, -0.05) is 18.2 Å². The molecule has 0 aliphatic carbocycles. The molecule has 0 saturated heterocycles. The largest absolute Gasteiger partial charge is 0.422 e. The number of hydrogen-bond donors (Lipinski definition) is 0. The van der Waals surface area contributed by atoms with Crippen molar-refractivity contribution in [1.82, 2.24) is 0 Å². The summed E-state index contributed by atoms with van der Waals surface area (Å²) in [5, 5.41) is -3.62. The molecule has 0 saturated carbocycles. The molecular weight excluding hydrogens is 552 g/mol. The van der Waals surface area contributed by atoms with Gasteiger partial charge in [0.05, 0.1) is 5.56 Å². The zero-order valence-corrected chi connectivity index (χ0v) is 18.7. The van der Waals surface area contributed by atoms with Crippen LogP contribution in [0.2, 0.25) is 0 Å². The highest BCUT2D eigenvalue weighted by molar-refractivity contribution is 6.22. The van der Waals surface area contributed by atoms with E-state index in [9.17, 15) is 30.7 Å². The van der Waals surface area contributed by atoms with E-state index in [1.807, 2.05) is 0 Å². The van der Waals surface area contributed by atoms with Crippen LogP contribution >= 0.6 is 0 Å². The first-order valence-corrected chi connectivity index (χ1v) is 10.7. The molecule has 0 N–H and O–H groups in total. The van der Waals surface area contributed by atoms with Crippen molar-refractivity contribution in [1.29, 1.82) is 0 Å². The summed E-state index contributed by atoms with van der Waals surface area (Å²) in [5.41, 5.74) is -7.07. The van der Waals surface area contributed by atoms with Crippen LogP contribution in [0, 0.1) is 52.4 Å². The summed E-state index contributed by atoms with van der Waals surface area (Å²) in [7, 11) is 0. The van der Waals surface area contributed by atoms with Crippen LogP contribution in [0.3, 0.4) is 0 Å². The maximum Gasteiger partial charge on any atom is 0.422 e. The lowest BCUT2D eigenvalue weighted by molar-refractivity contribution is -0.143. The van der Waals surface area contributed by atoms with E-state index in [0.717, 1.165) is 24.3 Å².